The van der Waals surface area contributed by atoms with E-state index in [0.717, 1.165) is 16.4 Å². The number of benzene rings is 1. The Balaban J connectivity index is 1.84. The highest BCUT2D eigenvalue weighted by Crippen LogP contribution is 2.11. The maximum Gasteiger partial charge on any atom is 0.315 e. The van der Waals surface area contributed by atoms with Crippen molar-refractivity contribution in [3.05, 3.63) is 36.0 Å². The third-order valence-electron chi connectivity index (χ3n) is 3.31. The fraction of sp³-hybridized carbons (Fsp3) is 0.333. The molecule has 1 heterocycles. The second kappa shape index (κ2) is 7.99. The number of hydrogen-bond acceptors (Lipinski definition) is 5. The Bertz CT molecular complexity index is 846. The molecule has 26 heavy (non-hydrogen) atoms. The smallest absolute Gasteiger partial charge is 0.315 e. The van der Waals surface area contributed by atoms with Crippen LogP contribution in [0, 0.1) is 0 Å². The monoisotopic (exact) mass is 355 g/mol. The lowest BCUT2D eigenvalue weighted by atomic mass is 9.95. The lowest BCUT2D eigenvalue weighted by Crippen LogP contribution is -2.43. The first-order valence-corrected chi connectivity index (χ1v) is 8.28. The number of nitrogens with zero attached hydrogens (tertiary/aromatic N) is 1. The number of ether oxygens (including phenoxy) is 1. The van der Waals surface area contributed by atoms with Gasteiger partial charge in [-0.25, -0.2) is 0 Å². The lowest BCUT2D eigenvalue weighted by Gasteiger charge is -2.19. The summed E-state index contributed by atoms with van der Waals surface area (Å²) < 4.78 is 5.04. The van der Waals surface area contributed by atoms with E-state index in [1.54, 1.807) is 26.8 Å². The van der Waals surface area contributed by atoms with Crippen LogP contribution in [-0.4, -0.2) is 36.2 Å². The Morgan fingerprint density at radius 3 is 2.46 bits per heavy atom. The molecule has 136 valence electrons. The average molecular weight is 355 g/mol. The molecule has 0 atom stereocenters. The average Bonchev–Trinajstić information content (AvgIpc) is 2.51. The molecule has 0 spiro atoms. The van der Waals surface area contributed by atoms with Crippen molar-refractivity contribution in [2.75, 3.05) is 0 Å². The zero-order chi connectivity index (χ0) is 19.3. The van der Waals surface area contributed by atoms with Crippen LogP contribution in [0.3, 0.4) is 0 Å². The number of amides is 2. The fourth-order valence-corrected chi connectivity index (χ4v) is 2.29. The van der Waals surface area contributed by atoms with Crippen LogP contribution in [-0.2, 0) is 25.5 Å². The number of rotatable bonds is 4. The third-order valence-corrected chi connectivity index (χ3v) is 3.31. The first kappa shape index (κ1) is 19.4. The van der Waals surface area contributed by atoms with Gasteiger partial charge in [0.1, 0.15) is 19.9 Å². The van der Waals surface area contributed by atoms with Crippen molar-refractivity contribution in [3.63, 3.8) is 0 Å². The predicted molar refractivity (Wildman–Crippen MR) is 100 cm³/mol. The zero-order valence-electron chi connectivity index (χ0n) is 15.4. The van der Waals surface area contributed by atoms with Crippen LogP contribution >= 0.6 is 0 Å². The first-order valence-electron chi connectivity index (χ1n) is 8.28. The fourth-order valence-electron chi connectivity index (χ4n) is 2.29. The molecule has 2 aromatic rings. The van der Waals surface area contributed by atoms with Gasteiger partial charge in [0.2, 0.25) is 11.8 Å². The first-order chi connectivity index (χ1) is 12.1. The number of pyridine rings is 1. The van der Waals surface area contributed by atoms with Gasteiger partial charge in [-0.1, -0.05) is 23.7 Å². The number of nitrogens with one attached hydrogen (secondary N) is 2. The van der Waals surface area contributed by atoms with E-state index >= 15 is 0 Å². The van der Waals surface area contributed by atoms with Crippen molar-refractivity contribution in [1.82, 2.24) is 15.8 Å². The molecule has 0 saturated carbocycles. The van der Waals surface area contributed by atoms with Gasteiger partial charge in [-0.15, -0.1) is 0 Å². The summed E-state index contributed by atoms with van der Waals surface area (Å²) in [4.78, 5) is 39.6. The second-order valence-corrected chi connectivity index (χ2v) is 7.04. The summed E-state index contributed by atoms with van der Waals surface area (Å²) in [5.74, 6) is -1.73. The maximum atomic E-state index is 11.9. The summed E-state index contributed by atoms with van der Waals surface area (Å²) in [5, 5.41) is 1.000. The van der Waals surface area contributed by atoms with Crippen LogP contribution in [0.4, 0.5) is 0 Å². The van der Waals surface area contributed by atoms with Gasteiger partial charge in [0, 0.05) is 0 Å². The molecule has 2 N–H and O–H groups in total. The van der Waals surface area contributed by atoms with Crippen molar-refractivity contribution >= 4 is 42.0 Å². The molecule has 0 aliphatic heterocycles. The molecule has 0 aliphatic rings. The Morgan fingerprint density at radius 2 is 1.77 bits per heavy atom. The van der Waals surface area contributed by atoms with E-state index in [9.17, 15) is 14.4 Å². The molecule has 1 aromatic carbocycles. The van der Waals surface area contributed by atoms with Crippen molar-refractivity contribution in [2.24, 2.45) is 0 Å². The Morgan fingerprint density at radius 1 is 1.08 bits per heavy atom. The van der Waals surface area contributed by atoms with Crippen molar-refractivity contribution in [3.8, 4) is 0 Å². The van der Waals surface area contributed by atoms with E-state index in [-0.39, 0.29) is 6.42 Å². The third kappa shape index (κ3) is 6.20. The number of carbonyl (C=O) groups is 3. The van der Waals surface area contributed by atoms with E-state index < -0.39 is 29.8 Å². The normalized spacial score (nSPS) is 11.0. The van der Waals surface area contributed by atoms with Crippen molar-refractivity contribution < 1.29 is 19.1 Å². The molecular weight excluding hydrogens is 333 g/mol. The van der Waals surface area contributed by atoms with Crippen LogP contribution in [0.25, 0.3) is 10.9 Å². The van der Waals surface area contributed by atoms with Crippen LogP contribution in [0.5, 0.6) is 0 Å². The van der Waals surface area contributed by atoms with Crippen molar-refractivity contribution in [1.29, 1.82) is 0 Å². The molecule has 7 nitrogen and oxygen atoms in total. The number of hydrogen-bond donors (Lipinski definition) is 2. The number of hydrazine groups is 1. The summed E-state index contributed by atoms with van der Waals surface area (Å²) in [6, 6.07) is 9.54. The van der Waals surface area contributed by atoms with Gasteiger partial charge in [-0.2, -0.15) is 0 Å². The lowest BCUT2D eigenvalue weighted by molar-refractivity contribution is -0.156. The largest absolute Gasteiger partial charge is 0.460 e. The van der Waals surface area contributed by atoms with E-state index in [1.807, 2.05) is 32.1 Å². The van der Waals surface area contributed by atoms with E-state index in [2.05, 4.69) is 15.8 Å². The summed E-state index contributed by atoms with van der Waals surface area (Å²) in [7, 11) is 2.00. The van der Waals surface area contributed by atoms with Gasteiger partial charge in [-0.05, 0) is 38.3 Å². The van der Waals surface area contributed by atoms with E-state index in [4.69, 9.17) is 4.74 Å². The molecule has 8 heteroatoms. The van der Waals surface area contributed by atoms with Gasteiger partial charge < -0.3 is 4.74 Å². The topological polar surface area (TPSA) is 97.4 Å². The SMILES string of the molecule is Bc1ccc2nc(CC(=O)NNC(=O)CC(=O)OC(C)(C)C)ccc2c1. The van der Waals surface area contributed by atoms with E-state index in [0.29, 0.717) is 5.69 Å². The summed E-state index contributed by atoms with van der Waals surface area (Å²) in [5.41, 5.74) is 6.32. The molecule has 0 saturated heterocycles. The minimum absolute atomic E-state index is 0.0105. The second-order valence-electron chi connectivity index (χ2n) is 7.04. The quantitative estimate of drug-likeness (QED) is 0.346. The molecule has 0 bridgehead atoms. The summed E-state index contributed by atoms with van der Waals surface area (Å²) >= 11 is 0. The molecule has 0 unspecified atom stereocenters. The molecule has 0 radical (unpaired) electrons. The molecular formula is C18H22BN3O4. The zero-order valence-corrected chi connectivity index (χ0v) is 15.4. The summed E-state index contributed by atoms with van der Waals surface area (Å²) in [6.45, 7) is 5.13. The Kier molecular flexibility index (Phi) is 5.97. The number of fused-ring (bicyclic) bond motifs is 1. The molecule has 1 aromatic heterocycles. The van der Waals surface area contributed by atoms with Crippen LogP contribution < -0.4 is 16.3 Å². The maximum absolute atomic E-state index is 11.9. The van der Waals surface area contributed by atoms with Crippen LogP contribution in [0.1, 0.15) is 32.9 Å². The highest BCUT2D eigenvalue weighted by molar-refractivity contribution is 6.33. The highest BCUT2D eigenvalue weighted by Gasteiger charge is 2.19. The number of aromatic nitrogens is 1. The Hall–Kier alpha value is -2.90. The molecule has 0 fully saturated rings. The van der Waals surface area contributed by atoms with E-state index in [1.165, 1.54) is 0 Å². The van der Waals surface area contributed by atoms with Gasteiger partial charge >= 0.3 is 5.97 Å². The molecule has 2 amide bonds. The van der Waals surface area contributed by atoms with Gasteiger partial charge in [0.15, 0.2) is 0 Å². The van der Waals surface area contributed by atoms with Gasteiger partial charge in [0.25, 0.3) is 0 Å². The minimum atomic E-state index is -0.666. The summed E-state index contributed by atoms with van der Waals surface area (Å²) in [6.07, 6.45) is -0.457. The van der Waals surface area contributed by atoms with Crippen molar-refractivity contribution in [2.45, 2.75) is 39.2 Å². The predicted octanol–water partition coefficient (Wildman–Crippen LogP) is -0.0851. The van der Waals surface area contributed by atoms with Gasteiger partial charge in [-0.3, -0.25) is 30.2 Å². The van der Waals surface area contributed by atoms with Crippen LogP contribution in [0.2, 0.25) is 0 Å². The number of carbonyl (C=O) groups excluding carboxylic acids is 3. The molecule has 0 aliphatic carbocycles. The van der Waals surface area contributed by atoms with Crippen LogP contribution in [0.15, 0.2) is 30.3 Å². The standard InChI is InChI=1S/C18H22BN3O4/c1-18(2,3)26-17(25)10-16(24)22-21-15(23)9-13-6-4-11-8-12(19)5-7-14(11)20-13/h4-8H,9-10,19H2,1-3H3,(H,21,23)(H,22,24). The number of esters is 1. The molecule has 2 rings (SSSR count). The van der Waals surface area contributed by atoms with Gasteiger partial charge in [0.05, 0.1) is 17.6 Å². The Labute approximate surface area is 152 Å². The highest BCUT2D eigenvalue weighted by atomic mass is 16.6. The minimum Gasteiger partial charge on any atom is -0.460 e.